The number of hydrogen-bond acceptors (Lipinski definition) is 5. The Morgan fingerprint density at radius 1 is 1.12 bits per heavy atom. The number of rotatable bonds is 6. The van der Waals surface area contributed by atoms with Gasteiger partial charge in [0.05, 0.1) is 19.6 Å². The van der Waals surface area contributed by atoms with Crippen LogP contribution in [0.1, 0.15) is 32.5 Å². The second-order valence-electron chi connectivity index (χ2n) is 7.50. The fraction of sp³-hybridized carbons (Fsp3) is 0.667. The lowest BCUT2D eigenvalue weighted by Gasteiger charge is -2.14. The SMILES string of the molecule is CC(C)Cc1nc(SCC[NH+]2CCCC2)c2c(=O)n(C)c(=O)n(C)c2n1. The molecule has 0 radical (unpaired) electrons. The van der Waals surface area contributed by atoms with E-state index in [2.05, 4.69) is 18.8 Å². The van der Waals surface area contributed by atoms with Gasteiger partial charge in [-0.05, 0) is 5.92 Å². The van der Waals surface area contributed by atoms with Gasteiger partial charge in [-0.2, -0.15) is 0 Å². The van der Waals surface area contributed by atoms with Crippen molar-refractivity contribution in [3.63, 3.8) is 0 Å². The Balaban J connectivity index is 2.02. The number of aryl methyl sites for hydroxylation is 1. The summed E-state index contributed by atoms with van der Waals surface area (Å²) in [7, 11) is 3.17. The molecular formula is C18H28N5O2S+. The summed E-state index contributed by atoms with van der Waals surface area (Å²) >= 11 is 1.61. The maximum absolute atomic E-state index is 12.7. The molecule has 1 aliphatic heterocycles. The third-order valence-electron chi connectivity index (χ3n) is 4.91. The number of likely N-dealkylation sites (tertiary alicyclic amines) is 1. The minimum absolute atomic E-state index is 0.310. The second kappa shape index (κ2) is 7.92. The van der Waals surface area contributed by atoms with E-state index in [-0.39, 0.29) is 11.2 Å². The predicted molar refractivity (Wildman–Crippen MR) is 104 cm³/mol. The Hall–Kier alpha value is -1.67. The van der Waals surface area contributed by atoms with Gasteiger partial charge in [0.15, 0.2) is 5.65 Å². The Bertz CT molecular complexity index is 912. The molecule has 142 valence electrons. The zero-order valence-corrected chi connectivity index (χ0v) is 16.9. The molecule has 0 amide bonds. The molecule has 1 fully saturated rings. The van der Waals surface area contributed by atoms with E-state index in [1.54, 1.807) is 23.7 Å². The lowest BCUT2D eigenvalue weighted by Crippen LogP contribution is -3.10. The molecule has 2 aromatic heterocycles. The van der Waals surface area contributed by atoms with E-state index in [0.717, 1.165) is 23.3 Å². The highest BCUT2D eigenvalue weighted by Crippen LogP contribution is 2.22. The molecule has 0 aliphatic carbocycles. The van der Waals surface area contributed by atoms with Crippen molar-refractivity contribution in [3.05, 3.63) is 26.7 Å². The summed E-state index contributed by atoms with van der Waals surface area (Å²) in [6, 6.07) is 0. The molecule has 0 aromatic carbocycles. The summed E-state index contributed by atoms with van der Waals surface area (Å²) in [4.78, 5) is 35.9. The molecular weight excluding hydrogens is 350 g/mol. The Morgan fingerprint density at radius 3 is 2.46 bits per heavy atom. The normalized spacial score (nSPS) is 15.4. The summed E-state index contributed by atoms with van der Waals surface area (Å²) in [6.07, 6.45) is 3.33. The molecule has 26 heavy (non-hydrogen) atoms. The van der Waals surface area contributed by atoms with Crippen LogP contribution in [0.3, 0.4) is 0 Å². The van der Waals surface area contributed by atoms with Crippen LogP contribution in [0, 0.1) is 5.92 Å². The molecule has 7 nitrogen and oxygen atoms in total. The van der Waals surface area contributed by atoms with E-state index >= 15 is 0 Å². The van der Waals surface area contributed by atoms with Crippen molar-refractivity contribution >= 4 is 22.8 Å². The quantitative estimate of drug-likeness (QED) is 0.566. The summed E-state index contributed by atoms with van der Waals surface area (Å²) in [5.41, 5.74) is -0.218. The van der Waals surface area contributed by atoms with Crippen molar-refractivity contribution in [1.82, 2.24) is 19.1 Å². The number of thioether (sulfide) groups is 1. The smallest absolute Gasteiger partial charge is 0.332 e. The van der Waals surface area contributed by atoms with Gasteiger partial charge in [0.1, 0.15) is 16.2 Å². The number of hydrogen-bond donors (Lipinski definition) is 1. The molecule has 1 aliphatic rings. The van der Waals surface area contributed by atoms with Crippen LogP contribution < -0.4 is 16.1 Å². The first-order valence-electron chi connectivity index (χ1n) is 9.31. The van der Waals surface area contributed by atoms with Gasteiger partial charge >= 0.3 is 5.69 Å². The van der Waals surface area contributed by atoms with Crippen LogP contribution in [-0.2, 0) is 20.5 Å². The van der Waals surface area contributed by atoms with Crippen LogP contribution in [0.15, 0.2) is 14.6 Å². The van der Waals surface area contributed by atoms with Crippen LogP contribution in [-0.4, -0.2) is 44.5 Å². The maximum atomic E-state index is 12.7. The van der Waals surface area contributed by atoms with E-state index in [1.807, 2.05) is 0 Å². The standard InChI is InChI=1S/C18H27N5O2S/c1-12(2)11-13-19-15-14(17(24)22(4)18(25)21(15)3)16(20-13)26-10-9-23-7-5-6-8-23/h12H,5-11H2,1-4H3/p+1. The highest BCUT2D eigenvalue weighted by molar-refractivity contribution is 7.99. The average molecular weight is 379 g/mol. The van der Waals surface area contributed by atoms with E-state index in [9.17, 15) is 9.59 Å². The fourth-order valence-electron chi connectivity index (χ4n) is 3.45. The summed E-state index contributed by atoms with van der Waals surface area (Å²) < 4.78 is 2.60. The summed E-state index contributed by atoms with van der Waals surface area (Å²) in [6.45, 7) is 7.77. The van der Waals surface area contributed by atoms with Crippen molar-refractivity contribution in [2.45, 2.75) is 38.1 Å². The topological polar surface area (TPSA) is 74.2 Å². The van der Waals surface area contributed by atoms with E-state index < -0.39 is 0 Å². The van der Waals surface area contributed by atoms with Crippen molar-refractivity contribution in [1.29, 1.82) is 0 Å². The average Bonchev–Trinajstić information content (AvgIpc) is 3.10. The van der Waals surface area contributed by atoms with Gasteiger partial charge in [-0.25, -0.2) is 14.8 Å². The molecule has 0 atom stereocenters. The molecule has 2 aromatic rings. The van der Waals surface area contributed by atoms with Gasteiger partial charge in [0.25, 0.3) is 5.56 Å². The maximum Gasteiger partial charge on any atom is 0.332 e. The van der Waals surface area contributed by atoms with Crippen molar-refractivity contribution < 1.29 is 4.90 Å². The zero-order chi connectivity index (χ0) is 18.8. The first kappa shape index (κ1) is 19.1. The van der Waals surface area contributed by atoms with Gasteiger partial charge < -0.3 is 4.90 Å². The number of quaternary nitrogens is 1. The monoisotopic (exact) mass is 378 g/mol. The molecule has 0 unspecified atom stereocenters. The molecule has 8 heteroatoms. The van der Waals surface area contributed by atoms with Gasteiger partial charge in [-0.1, -0.05) is 25.6 Å². The van der Waals surface area contributed by atoms with Gasteiger partial charge in [0, 0.05) is 39.1 Å². The molecule has 1 saturated heterocycles. The van der Waals surface area contributed by atoms with Crippen LogP contribution in [0.4, 0.5) is 0 Å². The van der Waals surface area contributed by atoms with Crippen LogP contribution in [0.5, 0.6) is 0 Å². The second-order valence-corrected chi connectivity index (χ2v) is 8.59. The number of nitrogens with one attached hydrogen (secondary N) is 1. The van der Waals surface area contributed by atoms with Gasteiger partial charge in [-0.15, -0.1) is 0 Å². The Kier molecular flexibility index (Phi) is 5.82. The van der Waals surface area contributed by atoms with E-state index in [1.165, 1.54) is 37.5 Å². The fourth-order valence-corrected chi connectivity index (χ4v) is 4.53. The summed E-state index contributed by atoms with van der Waals surface area (Å²) in [5, 5.41) is 1.17. The molecule has 3 heterocycles. The number of aromatic nitrogens is 4. The Morgan fingerprint density at radius 2 is 1.81 bits per heavy atom. The predicted octanol–water partition coefficient (Wildman–Crippen LogP) is -0.00350. The lowest BCUT2D eigenvalue weighted by molar-refractivity contribution is -0.884. The van der Waals surface area contributed by atoms with Crippen molar-refractivity contribution in [2.75, 3.05) is 25.4 Å². The molecule has 0 saturated carbocycles. The molecule has 1 N–H and O–H groups in total. The zero-order valence-electron chi connectivity index (χ0n) is 16.0. The highest BCUT2D eigenvalue weighted by atomic mass is 32.2. The molecule has 0 spiro atoms. The van der Waals surface area contributed by atoms with Crippen LogP contribution in [0.2, 0.25) is 0 Å². The van der Waals surface area contributed by atoms with Crippen LogP contribution in [0.25, 0.3) is 11.0 Å². The van der Waals surface area contributed by atoms with Gasteiger partial charge in [0.2, 0.25) is 0 Å². The van der Waals surface area contributed by atoms with E-state index in [4.69, 9.17) is 4.98 Å². The highest BCUT2D eigenvalue weighted by Gasteiger charge is 2.19. The summed E-state index contributed by atoms with van der Waals surface area (Å²) in [5.74, 6) is 2.02. The minimum atomic E-state index is -0.353. The van der Waals surface area contributed by atoms with Gasteiger partial charge in [-0.3, -0.25) is 13.9 Å². The van der Waals surface area contributed by atoms with Crippen LogP contribution >= 0.6 is 11.8 Å². The van der Waals surface area contributed by atoms with Crippen molar-refractivity contribution in [3.8, 4) is 0 Å². The number of fused-ring (bicyclic) bond motifs is 1. The lowest BCUT2D eigenvalue weighted by atomic mass is 10.1. The molecule has 0 bridgehead atoms. The largest absolute Gasteiger partial charge is 0.334 e. The van der Waals surface area contributed by atoms with E-state index in [0.29, 0.717) is 27.8 Å². The number of nitrogens with zero attached hydrogens (tertiary/aromatic N) is 4. The third-order valence-corrected chi connectivity index (χ3v) is 5.89. The third kappa shape index (κ3) is 3.86. The first-order valence-corrected chi connectivity index (χ1v) is 10.3. The Labute approximate surface area is 157 Å². The first-order chi connectivity index (χ1) is 12.4. The van der Waals surface area contributed by atoms with Crippen molar-refractivity contribution in [2.24, 2.45) is 20.0 Å². The molecule has 3 rings (SSSR count). The minimum Gasteiger partial charge on any atom is -0.334 e.